The van der Waals surface area contributed by atoms with Crippen LogP contribution in [0.3, 0.4) is 0 Å². The first kappa shape index (κ1) is 23.2. The maximum absolute atomic E-state index is 12.8. The molecule has 1 fully saturated rings. The summed E-state index contributed by atoms with van der Waals surface area (Å²) in [4.78, 5) is 15.1. The molecule has 0 bridgehead atoms. The van der Waals surface area contributed by atoms with E-state index in [9.17, 15) is 13.2 Å². The summed E-state index contributed by atoms with van der Waals surface area (Å²) in [6, 6.07) is 26.3. The molecule has 1 aliphatic heterocycles. The Balaban J connectivity index is 1.29. The fourth-order valence-electron chi connectivity index (χ4n) is 4.01. The zero-order valence-corrected chi connectivity index (χ0v) is 19.4. The number of benzene rings is 3. The standard InChI is InChI=1S/C26H29N3O3S/c30-26(27-15-14-22-8-3-1-4-9-22)24-11-7-10-23(20-24)21-28-16-18-29(19-17-28)33(31,32)25-12-5-2-6-13-25/h1-13,20H,14-19,21H2,(H,27,30). The molecular weight excluding hydrogens is 434 g/mol. The normalized spacial score (nSPS) is 15.3. The molecule has 6 nitrogen and oxygen atoms in total. The topological polar surface area (TPSA) is 69.7 Å². The van der Waals surface area contributed by atoms with E-state index in [1.54, 1.807) is 28.6 Å². The minimum Gasteiger partial charge on any atom is -0.352 e. The van der Waals surface area contributed by atoms with Gasteiger partial charge in [0.1, 0.15) is 0 Å². The Morgan fingerprint density at radius 1 is 0.788 bits per heavy atom. The van der Waals surface area contributed by atoms with Gasteiger partial charge in [0.05, 0.1) is 4.90 Å². The van der Waals surface area contributed by atoms with E-state index in [0.717, 1.165) is 12.0 Å². The van der Waals surface area contributed by atoms with Crippen LogP contribution < -0.4 is 5.32 Å². The molecule has 1 heterocycles. The van der Waals surface area contributed by atoms with Crippen LogP contribution in [0.2, 0.25) is 0 Å². The van der Waals surface area contributed by atoms with Gasteiger partial charge in [0.15, 0.2) is 0 Å². The molecule has 0 atom stereocenters. The van der Waals surface area contributed by atoms with Crippen LogP contribution in [0.25, 0.3) is 0 Å². The maximum atomic E-state index is 12.8. The Labute approximate surface area is 195 Å². The zero-order chi connectivity index (χ0) is 23.1. The number of hydrogen-bond acceptors (Lipinski definition) is 4. The monoisotopic (exact) mass is 463 g/mol. The van der Waals surface area contributed by atoms with Gasteiger partial charge in [-0.15, -0.1) is 0 Å². The number of rotatable bonds is 8. The number of sulfonamides is 1. The second-order valence-electron chi connectivity index (χ2n) is 8.19. The van der Waals surface area contributed by atoms with Crippen molar-refractivity contribution in [1.29, 1.82) is 0 Å². The molecule has 3 aromatic rings. The smallest absolute Gasteiger partial charge is 0.251 e. The summed E-state index contributed by atoms with van der Waals surface area (Å²) in [7, 11) is -3.45. The summed E-state index contributed by atoms with van der Waals surface area (Å²) < 4.78 is 27.2. The second-order valence-corrected chi connectivity index (χ2v) is 10.1. The molecule has 0 radical (unpaired) electrons. The van der Waals surface area contributed by atoms with Crippen molar-refractivity contribution in [3.8, 4) is 0 Å². The van der Waals surface area contributed by atoms with Crippen LogP contribution in [0.5, 0.6) is 0 Å². The Bertz CT molecular complexity index is 1160. The van der Waals surface area contributed by atoms with Gasteiger partial charge < -0.3 is 5.32 Å². The molecule has 172 valence electrons. The minimum atomic E-state index is -3.45. The molecule has 1 amide bonds. The van der Waals surface area contributed by atoms with E-state index in [-0.39, 0.29) is 5.91 Å². The van der Waals surface area contributed by atoms with Crippen molar-refractivity contribution < 1.29 is 13.2 Å². The van der Waals surface area contributed by atoms with Crippen molar-refractivity contribution in [3.05, 3.63) is 102 Å². The van der Waals surface area contributed by atoms with Gasteiger partial charge in [-0.25, -0.2) is 8.42 Å². The predicted octanol–water partition coefficient (Wildman–Crippen LogP) is 3.17. The van der Waals surface area contributed by atoms with Crippen LogP contribution in [-0.4, -0.2) is 56.3 Å². The number of nitrogens with one attached hydrogen (secondary N) is 1. The van der Waals surface area contributed by atoms with Crippen molar-refractivity contribution in [2.24, 2.45) is 0 Å². The van der Waals surface area contributed by atoms with E-state index in [0.29, 0.717) is 49.7 Å². The number of hydrogen-bond donors (Lipinski definition) is 1. The van der Waals surface area contributed by atoms with E-state index in [4.69, 9.17) is 0 Å². The Kier molecular flexibility index (Phi) is 7.54. The van der Waals surface area contributed by atoms with Gasteiger partial charge in [-0.2, -0.15) is 4.31 Å². The summed E-state index contributed by atoms with van der Waals surface area (Å²) in [6.45, 7) is 3.49. The van der Waals surface area contributed by atoms with Crippen LogP contribution >= 0.6 is 0 Å². The Morgan fingerprint density at radius 2 is 1.42 bits per heavy atom. The highest BCUT2D eigenvalue weighted by Gasteiger charge is 2.28. The fourth-order valence-corrected chi connectivity index (χ4v) is 5.45. The minimum absolute atomic E-state index is 0.0773. The third-order valence-corrected chi connectivity index (χ3v) is 7.76. The maximum Gasteiger partial charge on any atom is 0.251 e. The quantitative estimate of drug-likeness (QED) is 0.557. The summed E-state index contributed by atoms with van der Waals surface area (Å²) in [6.07, 6.45) is 0.794. The third kappa shape index (κ3) is 6.07. The van der Waals surface area contributed by atoms with E-state index >= 15 is 0 Å². The van der Waals surface area contributed by atoms with E-state index in [1.807, 2.05) is 48.5 Å². The first-order valence-corrected chi connectivity index (χ1v) is 12.6. The molecule has 1 saturated heterocycles. The molecule has 3 aromatic carbocycles. The molecule has 33 heavy (non-hydrogen) atoms. The number of nitrogens with zero attached hydrogens (tertiary/aromatic N) is 2. The SMILES string of the molecule is O=C(NCCc1ccccc1)c1cccc(CN2CCN(S(=O)(=O)c3ccccc3)CC2)c1. The van der Waals surface area contributed by atoms with Crippen LogP contribution in [0, 0.1) is 0 Å². The summed E-state index contributed by atoms with van der Waals surface area (Å²) >= 11 is 0. The highest BCUT2D eigenvalue weighted by molar-refractivity contribution is 7.89. The highest BCUT2D eigenvalue weighted by Crippen LogP contribution is 2.18. The number of carbonyl (C=O) groups is 1. The number of carbonyl (C=O) groups excluding carboxylic acids is 1. The molecule has 1 N–H and O–H groups in total. The first-order valence-electron chi connectivity index (χ1n) is 11.2. The molecular formula is C26H29N3O3S. The van der Waals surface area contributed by atoms with Gasteiger partial charge in [-0.05, 0) is 41.8 Å². The molecule has 7 heteroatoms. The molecule has 1 aliphatic rings. The third-order valence-electron chi connectivity index (χ3n) is 5.85. The van der Waals surface area contributed by atoms with E-state index < -0.39 is 10.0 Å². The zero-order valence-electron chi connectivity index (χ0n) is 18.6. The highest BCUT2D eigenvalue weighted by atomic mass is 32.2. The average Bonchev–Trinajstić information content (AvgIpc) is 2.86. The number of piperazine rings is 1. The molecule has 0 saturated carbocycles. The van der Waals surface area contributed by atoms with Crippen LogP contribution in [-0.2, 0) is 23.0 Å². The first-order chi connectivity index (χ1) is 16.0. The summed E-state index contributed by atoms with van der Waals surface area (Å²) in [5.41, 5.74) is 2.89. The second kappa shape index (κ2) is 10.7. The van der Waals surface area contributed by atoms with Crippen molar-refractivity contribution in [1.82, 2.24) is 14.5 Å². The van der Waals surface area contributed by atoms with Crippen LogP contribution in [0.15, 0.2) is 89.8 Å². The summed E-state index contributed by atoms with van der Waals surface area (Å²) in [5, 5.41) is 2.99. The largest absolute Gasteiger partial charge is 0.352 e. The lowest BCUT2D eigenvalue weighted by molar-refractivity contribution is 0.0954. The average molecular weight is 464 g/mol. The van der Waals surface area contributed by atoms with Crippen LogP contribution in [0.4, 0.5) is 0 Å². The lowest BCUT2D eigenvalue weighted by atomic mass is 10.1. The molecule has 4 rings (SSSR count). The predicted molar refractivity (Wildman–Crippen MR) is 129 cm³/mol. The van der Waals surface area contributed by atoms with E-state index in [2.05, 4.69) is 22.3 Å². The van der Waals surface area contributed by atoms with Crippen molar-refractivity contribution in [3.63, 3.8) is 0 Å². The van der Waals surface area contributed by atoms with Gasteiger partial charge in [0.25, 0.3) is 5.91 Å². The lowest BCUT2D eigenvalue weighted by Gasteiger charge is -2.34. The molecule has 0 aliphatic carbocycles. The van der Waals surface area contributed by atoms with Gasteiger partial charge in [0, 0.05) is 44.8 Å². The lowest BCUT2D eigenvalue weighted by Crippen LogP contribution is -2.48. The Hall–Kier alpha value is -3.00. The molecule has 0 spiro atoms. The van der Waals surface area contributed by atoms with Crippen LogP contribution in [0.1, 0.15) is 21.5 Å². The molecule has 0 aromatic heterocycles. The van der Waals surface area contributed by atoms with E-state index in [1.165, 1.54) is 5.56 Å². The van der Waals surface area contributed by atoms with Crippen molar-refractivity contribution in [2.45, 2.75) is 17.9 Å². The fraction of sp³-hybridized carbons (Fsp3) is 0.269. The molecule has 0 unspecified atom stereocenters. The van der Waals surface area contributed by atoms with Gasteiger partial charge in [-0.3, -0.25) is 9.69 Å². The Morgan fingerprint density at radius 3 is 2.12 bits per heavy atom. The number of amides is 1. The summed E-state index contributed by atoms with van der Waals surface area (Å²) in [5.74, 6) is -0.0773. The van der Waals surface area contributed by atoms with Gasteiger partial charge in [0.2, 0.25) is 10.0 Å². The van der Waals surface area contributed by atoms with Gasteiger partial charge in [-0.1, -0.05) is 60.7 Å². The van der Waals surface area contributed by atoms with Gasteiger partial charge >= 0.3 is 0 Å². The van der Waals surface area contributed by atoms with Crippen molar-refractivity contribution >= 4 is 15.9 Å². The van der Waals surface area contributed by atoms with Crippen molar-refractivity contribution in [2.75, 3.05) is 32.7 Å².